The van der Waals surface area contributed by atoms with Gasteiger partial charge >= 0.3 is 0 Å². The van der Waals surface area contributed by atoms with Crippen LogP contribution in [0.4, 0.5) is 5.13 Å². The second kappa shape index (κ2) is 7.28. The minimum absolute atomic E-state index is 0.255. The Balaban J connectivity index is 1.78. The highest BCUT2D eigenvalue weighted by Crippen LogP contribution is 2.32. The predicted molar refractivity (Wildman–Crippen MR) is 105 cm³/mol. The van der Waals surface area contributed by atoms with Crippen molar-refractivity contribution in [3.63, 3.8) is 0 Å². The zero-order chi connectivity index (χ0) is 18.8. The molecule has 3 aromatic heterocycles. The molecule has 1 amide bonds. The van der Waals surface area contributed by atoms with Crippen LogP contribution >= 0.6 is 11.3 Å². The van der Waals surface area contributed by atoms with E-state index < -0.39 is 0 Å². The van der Waals surface area contributed by atoms with Crippen LogP contribution in [0.3, 0.4) is 0 Å². The van der Waals surface area contributed by atoms with E-state index in [1.54, 1.807) is 24.1 Å². The van der Waals surface area contributed by atoms with E-state index >= 15 is 0 Å². The lowest BCUT2D eigenvalue weighted by Crippen LogP contribution is -2.31. The van der Waals surface area contributed by atoms with Gasteiger partial charge in [0.15, 0.2) is 10.8 Å². The third-order valence-electron chi connectivity index (χ3n) is 4.24. The summed E-state index contributed by atoms with van der Waals surface area (Å²) in [4.78, 5) is 23.9. The van der Waals surface area contributed by atoms with Crippen molar-refractivity contribution in [3.05, 3.63) is 71.4 Å². The third kappa shape index (κ3) is 3.46. The topological polar surface area (TPSA) is 72.1 Å². The highest BCUT2D eigenvalue weighted by Gasteiger charge is 2.25. The van der Waals surface area contributed by atoms with E-state index in [0.717, 1.165) is 27.9 Å². The molecule has 27 heavy (non-hydrogen) atoms. The molecular formula is C20H18N4O2S. The number of para-hydroxylation sites is 1. The third-order valence-corrected chi connectivity index (χ3v) is 5.29. The number of hydrogen-bond acceptors (Lipinski definition) is 6. The summed E-state index contributed by atoms with van der Waals surface area (Å²) in [5.41, 5.74) is 3.15. The standard InChI is InChI=1S/C20H18N4O2S/c1-3-14-7-6-9-17-18(14)22-20(27-17)24(12-15-8-4-5-10-21-15)19(25)16-11-13(2)26-23-16/h4-11H,3,12H2,1-2H3. The number of anilines is 1. The second-order valence-corrected chi connectivity index (χ2v) is 7.16. The summed E-state index contributed by atoms with van der Waals surface area (Å²) in [6.07, 6.45) is 2.60. The fourth-order valence-electron chi connectivity index (χ4n) is 2.88. The Bertz CT molecular complexity index is 1090. The predicted octanol–water partition coefficient (Wildman–Crippen LogP) is 4.40. The van der Waals surface area contributed by atoms with Gasteiger partial charge in [-0.3, -0.25) is 14.7 Å². The van der Waals surface area contributed by atoms with Crippen molar-refractivity contribution < 1.29 is 9.32 Å². The number of nitrogens with zero attached hydrogens (tertiary/aromatic N) is 4. The zero-order valence-corrected chi connectivity index (χ0v) is 15.9. The van der Waals surface area contributed by atoms with E-state index in [4.69, 9.17) is 9.51 Å². The lowest BCUT2D eigenvalue weighted by atomic mass is 10.1. The van der Waals surface area contributed by atoms with Gasteiger partial charge in [0.25, 0.3) is 5.91 Å². The molecule has 1 aromatic carbocycles. The molecule has 0 saturated carbocycles. The average molecular weight is 378 g/mol. The summed E-state index contributed by atoms with van der Waals surface area (Å²) in [5, 5.41) is 4.51. The number of carbonyl (C=O) groups is 1. The van der Waals surface area contributed by atoms with Crippen LogP contribution in [-0.4, -0.2) is 21.0 Å². The van der Waals surface area contributed by atoms with E-state index in [9.17, 15) is 4.79 Å². The number of benzene rings is 1. The number of aryl methyl sites for hydroxylation is 2. The summed E-state index contributed by atoms with van der Waals surface area (Å²) in [6.45, 7) is 4.17. The van der Waals surface area contributed by atoms with E-state index in [2.05, 4.69) is 23.1 Å². The van der Waals surface area contributed by atoms with Crippen molar-refractivity contribution in [2.24, 2.45) is 0 Å². The van der Waals surface area contributed by atoms with Crippen molar-refractivity contribution in [3.8, 4) is 0 Å². The fraction of sp³-hybridized carbons (Fsp3) is 0.200. The van der Waals surface area contributed by atoms with Crippen molar-refractivity contribution in [2.75, 3.05) is 4.90 Å². The SMILES string of the molecule is CCc1cccc2sc(N(Cc3ccccn3)C(=O)c3cc(C)on3)nc12. The van der Waals surface area contributed by atoms with Gasteiger partial charge in [-0.25, -0.2) is 4.98 Å². The highest BCUT2D eigenvalue weighted by atomic mass is 32.1. The quantitative estimate of drug-likeness (QED) is 0.515. The van der Waals surface area contributed by atoms with Gasteiger partial charge in [0.2, 0.25) is 0 Å². The van der Waals surface area contributed by atoms with Crippen molar-refractivity contribution >= 4 is 32.6 Å². The Hall–Kier alpha value is -3.06. The molecule has 136 valence electrons. The minimum atomic E-state index is -0.255. The molecule has 0 fully saturated rings. The van der Waals surface area contributed by atoms with Crippen LogP contribution < -0.4 is 4.90 Å². The highest BCUT2D eigenvalue weighted by molar-refractivity contribution is 7.22. The van der Waals surface area contributed by atoms with Crippen LogP contribution in [-0.2, 0) is 13.0 Å². The monoisotopic (exact) mass is 378 g/mol. The molecule has 0 radical (unpaired) electrons. The minimum Gasteiger partial charge on any atom is -0.361 e. The number of hydrogen-bond donors (Lipinski definition) is 0. The maximum atomic E-state index is 13.1. The lowest BCUT2D eigenvalue weighted by molar-refractivity contribution is 0.0976. The van der Waals surface area contributed by atoms with E-state index in [0.29, 0.717) is 17.4 Å². The summed E-state index contributed by atoms with van der Waals surface area (Å²) >= 11 is 1.49. The molecular weight excluding hydrogens is 360 g/mol. The lowest BCUT2D eigenvalue weighted by Gasteiger charge is -2.18. The molecule has 0 bridgehead atoms. The molecule has 0 unspecified atom stereocenters. The summed E-state index contributed by atoms with van der Waals surface area (Å²) in [6, 6.07) is 13.4. The zero-order valence-electron chi connectivity index (χ0n) is 15.0. The fourth-order valence-corrected chi connectivity index (χ4v) is 3.89. The number of aromatic nitrogens is 3. The van der Waals surface area contributed by atoms with Crippen LogP contribution in [0.2, 0.25) is 0 Å². The molecule has 0 spiro atoms. The number of amides is 1. The Labute approximate surface area is 160 Å². The molecule has 0 aliphatic rings. The van der Waals surface area contributed by atoms with Crippen LogP contribution in [0.15, 0.2) is 53.2 Å². The van der Waals surface area contributed by atoms with Crippen LogP contribution in [0, 0.1) is 6.92 Å². The Morgan fingerprint density at radius 3 is 2.81 bits per heavy atom. The first-order valence-electron chi connectivity index (χ1n) is 8.69. The number of fused-ring (bicyclic) bond motifs is 1. The van der Waals surface area contributed by atoms with Gasteiger partial charge in [0.05, 0.1) is 22.5 Å². The first kappa shape index (κ1) is 17.4. The first-order valence-corrected chi connectivity index (χ1v) is 9.51. The van der Waals surface area contributed by atoms with Crippen LogP contribution in [0.25, 0.3) is 10.2 Å². The average Bonchev–Trinajstić information content (AvgIpc) is 3.32. The Morgan fingerprint density at radius 1 is 1.22 bits per heavy atom. The van der Waals surface area contributed by atoms with Crippen molar-refractivity contribution in [1.82, 2.24) is 15.1 Å². The van der Waals surface area contributed by atoms with Gasteiger partial charge in [0, 0.05) is 12.3 Å². The number of thiazole rings is 1. The molecule has 0 saturated heterocycles. The Kier molecular flexibility index (Phi) is 4.68. The number of rotatable bonds is 5. The molecule has 0 aliphatic heterocycles. The normalized spacial score (nSPS) is 11.0. The van der Waals surface area contributed by atoms with Crippen LogP contribution in [0.5, 0.6) is 0 Å². The van der Waals surface area contributed by atoms with Crippen molar-refractivity contribution in [2.45, 2.75) is 26.8 Å². The molecule has 0 aliphatic carbocycles. The first-order chi connectivity index (χ1) is 13.2. The molecule has 4 aromatic rings. The van der Waals surface area contributed by atoms with E-state index in [1.807, 2.05) is 30.3 Å². The number of pyridine rings is 1. The maximum absolute atomic E-state index is 13.1. The largest absolute Gasteiger partial charge is 0.361 e. The summed E-state index contributed by atoms with van der Waals surface area (Å²) in [5.74, 6) is 0.336. The summed E-state index contributed by atoms with van der Waals surface area (Å²) < 4.78 is 6.14. The van der Waals surface area contributed by atoms with E-state index in [1.165, 1.54) is 11.3 Å². The van der Waals surface area contributed by atoms with Gasteiger partial charge in [0.1, 0.15) is 5.76 Å². The molecule has 4 rings (SSSR count). The molecule has 6 nitrogen and oxygen atoms in total. The molecule has 3 heterocycles. The van der Waals surface area contributed by atoms with Gasteiger partial charge < -0.3 is 4.52 Å². The number of carbonyl (C=O) groups excluding carboxylic acids is 1. The maximum Gasteiger partial charge on any atom is 0.282 e. The molecule has 0 N–H and O–H groups in total. The van der Waals surface area contributed by atoms with E-state index in [-0.39, 0.29) is 11.6 Å². The van der Waals surface area contributed by atoms with Crippen molar-refractivity contribution in [1.29, 1.82) is 0 Å². The van der Waals surface area contributed by atoms with Gasteiger partial charge in [-0.15, -0.1) is 0 Å². The molecule has 7 heteroatoms. The molecule has 0 atom stereocenters. The van der Waals surface area contributed by atoms with Gasteiger partial charge in [-0.05, 0) is 37.1 Å². The smallest absolute Gasteiger partial charge is 0.282 e. The Morgan fingerprint density at radius 2 is 2.11 bits per heavy atom. The van der Waals surface area contributed by atoms with Crippen LogP contribution in [0.1, 0.15) is 34.4 Å². The second-order valence-electron chi connectivity index (χ2n) is 6.15. The summed E-state index contributed by atoms with van der Waals surface area (Å²) in [7, 11) is 0. The van der Waals surface area contributed by atoms with Gasteiger partial charge in [-0.1, -0.05) is 41.6 Å². The van der Waals surface area contributed by atoms with Gasteiger partial charge in [-0.2, -0.15) is 0 Å².